The van der Waals surface area contributed by atoms with Gasteiger partial charge >= 0.3 is 0 Å². The lowest BCUT2D eigenvalue weighted by molar-refractivity contribution is -0.384. The fourth-order valence-corrected chi connectivity index (χ4v) is 2.97. The highest BCUT2D eigenvalue weighted by Crippen LogP contribution is 2.29. The van der Waals surface area contributed by atoms with Gasteiger partial charge in [0.15, 0.2) is 0 Å². The summed E-state index contributed by atoms with van der Waals surface area (Å²) in [6.45, 7) is 4.50. The van der Waals surface area contributed by atoms with Gasteiger partial charge in [0.2, 0.25) is 0 Å². The third kappa shape index (κ3) is 2.93. The van der Waals surface area contributed by atoms with Crippen molar-refractivity contribution in [3.05, 3.63) is 55.8 Å². The Morgan fingerprint density at radius 2 is 2.16 bits per heavy atom. The van der Waals surface area contributed by atoms with Crippen LogP contribution in [0.25, 0.3) is 0 Å². The topological polar surface area (TPSA) is 55.2 Å². The number of aryl methyl sites for hydroxylation is 2. The van der Waals surface area contributed by atoms with Crippen LogP contribution in [0.2, 0.25) is 0 Å². The molecular weight excluding hydrogens is 260 g/mol. The smallest absolute Gasteiger partial charge is 0.295 e. The van der Waals surface area contributed by atoms with Gasteiger partial charge in [0.1, 0.15) is 5.69 Å². The molecule has 0 fully saturated rings. The molecule has 0 amide bonds. The summed E-state index contributed by atoms with van der Waals surface area (Å²) < 4.78 is 0. The monoisotopic (exact) mass is 276 g/mol. The lowest BCUT2D eigenvalue weighted by atomic mass is 10.1. The highest BCUT2D eigenvalue weighted by molar-refractivity contribution is 7.10. The van der Waals surface area contributed by atoms with E-state index in [1.165, 1.54) is 10.4 Å². The van der Waals surface area contributed by atoms with Gasteiger partial charge in [-0.05, 0) is 36.4 Å². The summed E-state index contributed by atoms with van der Waals surface area (Å²) >= 11 is 1.68. The van der Waals surface area contributed by atoms with E-state index in [2.05, 4.69) is 23.7 Å². The van der Waals surface area contributed by atoms with Crippen molar-refractivity contribution in [3.8, 4) is 0 Å². The van der Waals surface area contributed by atoms with E-state index in [4.69, 9.17) is 0 Å². The van der Waals surface area contributed by atoms with Gasteiger partial charge in [0, 0.05) is 17.0 Å². The maximum absolute atomic E-state index is 11.1. The highest BCUT2D eigenvalue weighted by atomic mass is 32.1. The molecule has 2 rings (SSSR count). The molecule has 0 aliphatic carbocycles. The van der Waals surface area contributed by atoms with Gasteiger partial charge in [-0.3, -0.25) is 10.1 Å². The Kier molecular flexibility index (Phi) is 4.16. The molecule has 0 saturated heterocycles. The van der Waals surface area contributed by atoms with Gasteiger partial charge in [-0.25, -0.2) is 0 Å². The van der Waals surface area contributed by atoms with Crippen molar-refractivity contribution in [2.24, 2.45) is 0 Å². The van der Waals surface area contributed by atoms with Crippen LogP contribution in [0.3, 0.4) is 0 Å². The quantitative estimate of drug-likeness (QED) is 0.659. The molecule has 0 radical (unpaired) electrons. The van der Waals surface area contributed by atoms with Crippen molar-refractivity contribution in [2.45, 2.75) is 26.8 Å². The van der Waals surface area contributed by atoms with Crippen molar-refractivity contribution in [2.75, 3.05) is 5.32 Å². The largest absolute Gasteiger partial charge is 0.375 e. The second-order valence-electron chi connectivity index (χ2n) is 4.30. The number of thiophene rings is 1. The lowest BCUT2D eigenvalue weighted by Gasteiger charge is -2.08. The summed E-state index contributed by atoms with van der Waals surface area (Å²) in [6, 6.07) is 7.45. The number of nitrogens with one attached hydrogen (secondary N) is 1. The Bertz CT molecular complexity index is 593. The van der Waals surface area contributed by atoms with Crippen LogP contribution in [0.5, 0.6) is 0 Å². The van der Waals surface area contributed by atoms with E-state index >= 15 is 0 Å². The average Bonchev–Trinajstić information content (AvgIpc) is 2.83. The van der Waals surface area contributed by atoms with Gasteiger partial charge < -0.3 is 5.32 Å². The zero-order valence-electron chi connectivity index (χ0n) is 11.0. The van der Waals surface area contributed by atoms with E-state index in [9.17, 15) is 10.1 Å². The van der Waals surface area contributed by atoms with Gasteiger partial charge in [0.05, 0.1) is 4.92 Å². The molecule has 1 N–H and O–H groups in total. The lowest BCUT2D eigenvalue weighted by Crippen LogP contribution is -2.04. The zero-order chi connectivity index (χ0) is 13.8. The molecule has 0 aliphatic heterocycles. The number of anilines is 1. The van der Waals surface area contributed by atoms with Crippen molar-refractivity contribution in [3.63, 3.8) is 0 Å². The molecular formula is C14H16N2O2S. The van der Waals surface area contributed by atoms with Crippen LogP contribution < -0.4 is 5.32 Å². The molecule has 0 saturated carbocycles. The molecule has 0 spiro atoms. The molecule has 1 heterocycles. The predicted molar refractivity (Wildman–Crippen MR) is 78.9 cm³/mol. The Morgan fingerprint density at radius 3 is 2.84 bits per heavy atom. The van der Waals surface area contributed by atoms with Gasteiger partial charge in [-0.15, -0.1) is 11.3 Å². The number of nitro benzene ring substituents is 1. The number of para-hydroxylation sites is 1. The van der Waals surface area contributed by atoms with Crippen LogP contribution in [0.15, 0.2) is 29.6 Å². The first-order chi connectivity index (χ1) is 9.13. The number of nitro groups is 1. The first-order valence-electron chi connectivity index (χ1n) is 6.16. The zero-order valence-corrected chi connectivity index (χ0v) is 11.8. The Balaban J connectivity index is 2.20. The average molecular weight is 276 g/mol. The van der Waals surface area contributed by atoms with Crippen molar-refractivity contribution in [1.82, 2.24) is 0 Å². The maximum Gasteiger partial charge on any atom is 0.295 e. The molecule has 19 heavy (non-hydrogen) atoms. The number of hydrogen-bond acceptors (Lipinski definition) is 4. The van der Waals surface area contributed by atoms with E-state index in [1.54, 1.807) is 30.4 Å². The van der Waals surface area contributed by atoms with Gasteiger partial charge in [-0.1, -0.05) is 19.1 Å². The van der Waals surface area contributed by atoms with E-state index < -0.39 is 0 Å². The van der Waals surface area contributed by atoms with Crippen LogP contribution in [-0.4, -0.2) is 4.92 Å². The van der Waals surface area contributed by atoms with Crippen LogP contribution in [0.1, 0.15) is 22.9 Å². The van der Waals surface area contributed by atoms with Crippen molar-refractivity contribution < 1.29 is 4.92 Å². The number of benzene rings is 1. The molecule has 5 heteroatoms. The number of hydrogen-bond donors (Lipinski definition) is 1. The number of rotatable bonds is 5. The SMILES string of the molecule is CCc1ccsc1CNc1cccc(C)c1[N+](=O)[O-]. The normalized spacial score (nSPS) is 10.4. The van der Waals surface area contributed by atoms with Gasteiger partial charge in [-0.2, -0.15) is 0 Å². The Morgan fingerprint density at radius 1 is 1.37 bits per heavy atom. The maximum atomic E-state index is 11.1. The molecule has 4 nitrogen and oxygen atoms in total. The van der Waals surface area contributed by atoms with Crippen LogP contribution >= 0.6 is 11.3 Å². The highest BCUT2D eigenvalue weighted by Gasteiger charge is 2.16. The predicted octanol–water partition coefficient (Wildman–Crippen LogP) is 4.14. The molecule has 0 unspecified atom stereocenters. The Labute approximate surface area is 116 Å². The molecule has 0 bridgehead atoms. The summed E-state index contributed by atoms with van der Waals surface area (Å²) in [7, 11) is 0. The first-order valence-corrected chi connectivity index (χ1v) is 7.04. The van der Waals surface area contributed by atoms with E-state index in [1.807, 2.05) is 6.07 Å². The van der Waals surface area contributed by atoms with Crippen LogP contribution in [-0.2, 0) is 13.0 Å². The molecule has 1 aromatic heterocycles. The van der Waals surface area contributed by atoms with Crippen LogP contribution in [0, 0.1) is 17.0 Å². The molecule has 0 atom stereocenters. The summed E-state index contributed by atoms with van der Waals surface area (Å²) in [6.07, 6.45) is 0.983. The van der Waals surface area contributed by atoms with Crippen LogP contribution in [0.4, 0.5) is 11.4 Å². The summed E-state index contributed by atoms with van der Waals surface area (Å²) in [5, 5.41) is 16.3. The molecule has 100 valence electrons. The summed E-state index contributed by atoms with van der Waals surface area (Å²) in [4.78, 5) is 12.0. The molecule has 1 aromatic carbocycles. The second kappa shape index (κ2) is 5.84. The standard InChI is InChI=1S/C14H16N2O2S/c1-3-11-7-8-19-13(11)9-15-12-6-4-5-10(2)14(12)16(17)18/h4-8,15H,3,9H2,1-2H3. The molecule has 2 aromatic rings. The van der Waals surface area contributed by atoms with E-state index in [-0.39, 0.29) is 10.6 Å². The summed E-state index contributed by atoms with van der Waals surface area (Å²) in [5.41, 5.74) is 2.72. The van der Waals surface area contributed by atoms with E-state index in [0.29, 0.717) is 17.8 Å². The number of nitrogens with zero attached hydrogens (tertiary/aromatic N) is 1. The third-order valence-electron chi connectivity index (χ3n) is 3.08. The van der Waals surface area contributed by atoms with Crippen molar-refractivity contribution in [1.29, 1.82) is 0 Å². The first kappa shape index (κ1) is 13.5. The minimum absolute atomic E-state index is 0.164. The summed E-state index contributed by atoms with van der Waals surface area (Å²) in [5.74, 6) is 0. The third-order valence-corrected chi connectivity index (χ3v) is 4.04. The Hall–Kier alpha value is -1.88. The minimum atomic E-state index is -0.327. The minimum Gasteiger partial charge on any atom is -0.375 e. The van der Waals surface area contributed by atoms with Crippen molar-refractivity contribution >= 4 is 22.7 Å². The second-order valence-corrected chi connectivity index (χ2v) is 5.30. The fraction of sp³-hybridized carbons (Fsp3) is 0.286. The fourth-order valence-electron chi connectivity index (χ4n) is 2.06. The van der Waals surface area contributed by atoms with Gasteiger partial charge in [0.25, 0.3) is 5.69 Å². The molecule has 0 aliphatic rings. The van der Waals surface area contributed by atoms with E-state index in [0.717, 1.165) is 6.42 Å².